The van der Waals surface area contributed by atoms with Gasteiger partial charge in [-0.05, 0) is 38.5 Å². The van der Waals surface area contributed by atoms with Crippen LogP contribution in [-0.4, -0.2) is 6.03 Å². The second-order valence-electron chi connectivity index (χ2n) is 5.10. The van der Waals surface area contributed by atoms with Gasteiger partial charge in [-0.25, -0.2) is 4.79 Å². The van der Waals surface area contributed by atoms with E-state index in [1.54, 1.807) is 0 Å². The summed E-state index contributed by atoms with van der Waals surface area (Å²) in [5.74, 6) is 0. The highest BCUT2D eigenvalue weighted by Crippen LogP contribution is 2.14. The molecule has 0 heterocycles. The van der Waals surface area contributed by atoms with Gasteiger partial charge in [-0.2, -0.15) is 0 Å². The number of rotatable bonds is 3. The lowest BCUT2D eigenvalue weighted by molar-refractivity contribution is 0.249. The van der Waals surface area contributed by atoms with Crippen molar-refractivity contribution in [1.82, 2.24) is 5.32 Å². The highest BCUT2D eigenvalue weighted by atomic mass is 16.2. The third-order valence-corrected chi connectivity index (χ3v) is 3.23. The first-order chi connectivity index (χ1) is 9.54. The quantitative estimate of drug-likeness (QED) is 0.861. The molecule has 2 amide bonds. The zero-order valence-electron chi connectivity index (χ0n) is 12.1. The molecule has 3 heteroatoms. The van der Waals surface area contributed by atoms with Crippen LogP contribution in [0.25, 0.3) is 0 Å². The van der Waals surface area contributed by atoms with Gasteiger partial charge in [0.2, 0.25) is 0 Å². The number of carbonyl (C=O) groups is 1. The maximum atomic E-state index is 11.9. The van der Waals surface area contributed by atoms with Crippen molar-refractivity contribution in [3.8, 4) is 0 Å². The van der Waals surface area contributed by atoms with Crippen molar-refractivity contribution in [2.45, 2.75) is 26.8 Å². The molecule has 2 rings (SSSR count). The van der Waals surface area contributed by atoms with Gasteiger partial charge in [-0.15, -0.1) is 0 Å². The Labute approximate surface area is 120 Å². The van der Waals surface area contributed by atoms with E-state index in [9.17, 15) is 4.79 Å². The minimum atomic E-state index is -0.193. The Balaban J connectivity index is 1.93. The molecule has 2 aromatic carbocycles. The summed E-state index contributed by atoms with van der Waals surface area (Å²) in [6.07, 6.45) is 0. The monoisotopic (exact) mass is 268 g/mol. The number of hydrogen-bond donors (Lipinski definition) is 2. The maximum Gasteiger partial charge on any atom is 0.319 e. The molecule has 0 unspecified atom stereocenters. The van der Waals surface area contributed by atoms with E-state index in [4.69, 9.17) is 0 Å². The molecule has 0 aliphatic rings. The van der Waals surface area contributed by atoms with Gasteiger partial charge < -0.3 is 10.6 Å². The average Bonchev–Trinajstić information content (AvgIpc) is 2.42. The van der Waals surface area contributed by atoms with E-state index in [-0.39, 0.29) is 12.1 Å². The van der Waals surface area contributed by atoms with Crippen molar-refractivity contribution >= 4 is 11.7 Å². The number of hydrogen-bond acceptors (Lipinski definition) is 1. The third kappa shape index (κ3) is 3.85. The topological polar surface area (TPSA) is 41.1 Å². The SMILES string of the molecule is Cc1ccc(NC(=O)N[C@@H](C)c2ccc(C)cc2)cc1. The van der Waals surface area contributed by atoms with Gasteiger partial charge in [-0.3, -0.25) is 0 Å². The fourth-order valence-electron chi connectivity index (χ4n) is 1.94. The van der Waals surface area contributed by atoms with Crippen molar-refractivity contribution in [3.05, 3.63) is 65.2 Å². The minimum absolute atomic E-state index is 0.0268. The smallest absolute Gasteiger partial charge is 0.319 e. The molecule has 0 fully saturated rings. The van der Waals surface area contributed by atoms with Gasteiger partial charge in [0.05, 0.1) is 6.04 Å². The van der Waals surface area contributed by atoms with Crippen molar-refractivity contribution < 1.29 is 4.79 Å². The Bertz CT molecular complexity index is 573. The zero-order valence-corrected chi connectivity index (χ0v) is 12.1. The first-order valence-electron chi connectivity index (χ1n) is 6.75. The Kier molecular flexibility index (Phi) is 4.41. The van der Waals surface area contributed by atoms with Gasteiger partial charge in [0.1, 0.15) is 0 Å². The minimum Gasteiger partial charge on any atom is -0.331 e. The molecule has 0 aromatic heterocycles. The molecule has 1 atom stereocenters. The van der Waals surface area contributed by atoms with Crippen molar-refractivity contribution in [2.24, 2.45) is 0 Å². The van der Waals surface area contributed by atoms with Crippen molar-refractivity contribution in [1.29, 1.82) is 0 Å². The molecular formula is C17H20N2O. The van der Waals surface area contributed by atoms with Crippen LogP contribution < -0.4 is 10.6 Å². The summed E-state index contributed by atoms with van der Waals surface area (Å²) in [4.78, 5) is 11.9. The van der Waals surface area contributed by atoms with Crippen LogP contribution in [-0.2, 0) is 0 Å². The molecule has 0 aliphatic carbocycles. The molecule has 0 saturated heterocycles. The number of urea groups is 1. The summed E-state index contributed by atoms with van der Waals surface area (Å²) in [5, 5.41) is 5.76. The number of carbonyl (C=O) groups excluding carboxylic acids is 1. The second-order valence-corrected chi connectivity index (χ2v) is 5.10. The van der Waals surface area contributed by atoms with E-state index in [2.05, 4.69) is 10.6 Å². The molecule has 20 heavy (non-hydrogen) atoms. The number of nitrogens with one attached hydrogen (secondary N) is 2. The third-order valence-electron chi connectivity index (χ3n) is 3.23. The molecule has 2 aromatic rings. The second kappa shape index (κ2) is 6.24. The predicted octanol–water partition coefficient (Wildman–Crippen LogP) is 4.19. The van der Waals surface area contributed by atoms with Gasteiger partial charge in [0, 0.05) is 5.69 Å². The molecule has 0 saturated carbocycles. The van der Waals surface area contributed by atoms with E-state index >= 15 is 0 Å². The molecule has 0 aliphatic heterocycles. The Morgan fingerprint density at radius 2 is 1.40 bits per heavy atom. The number of amides is 2. The van der Waals surface area contributed by atoms with Crippen LogP contribution in [0.4, 0.5) is 10.5 Å². The van der Waals surface area contributed by atoms with Crippen LogP contribution in [0.2, 0.25) is 0 Å². The summed E-state index contributed by atoms with van der Waals surface area (Å²) in [7, 11) is 0. The highest BCUT2D eigenvalue weighted by Gasteiger charge is 2.09. The fourth-order valence-corrected chi connectivity index (χ4v) is 1.94. The van der Waals surface area contributed by atoms with E-state index in [1.807, 2.05) is 69.3 Å². The molecule has 0 bridgehead atoms. The molecular weight excluding hydrogens is 248 g/mol. The number of aryl methyl sites for hydroxylation is 2. The summed E-state index contributed by atoms with van der Waals surface area (Å²) >= 11 is 0. The van der Waals surface area contributed by atoms with E-state index in [1.165, 1.54) is 11.1 Å². The zero-order chi connectivity index (χ0) is 14.5. The predicted molar refractivity (Wildman–Crippen MR) is 82.9 cm³/mol. The van der Waals surface area contributed by atoms with Crippen LogP contribution in [0.5, 0.6) is 0 Å². The van der Waals surface area contributed by atoms with Gasteiger partial charge in [0.25, 0.3) is 0 Å². The molecule has 0 spiro atoms. The largest absolute Gasteiger partial charge is 0.331 e. The Hall–Kier alpha value is -2.29. The van der Waals surface area contributed by atoms with Gasteiger partial charge in [-0.1, -0.05) is 47.5 Å². The number of benzene rings is 2. The van der Waals surface area contributed by atoms with Crippen molar-refractivity contribution in [3.63, 3.8) is 0 Å². The van der Waals surface area contributed by atoms with E-state index in [0.717, 1.165) is 11.3 Å². The average molecular weight is 268 g/mol. The lowest BCUT2D eigenvalue weighted by Gasteiger charge is -2.15. The maximum absolute atomic E-state index is 11.9. The lowest BCUT2D eigenvalue weighted by Crippen LogP contribution is -2.31. The Morgan fingerprint density at radius 3 is 1.95 bits per heavy atom. The summed E-state index contributed by atoms with van der Waals surface area (Å²) < 4.78 is 0. The van der Waals surface area contributed by atoms with Crippen LogP contribution >= 0.6 is 0 Å². The molecule has 3 nitrogen and oxygen atoms in total. The number of anilines is 1. The Morgan fingerprint density at radius 1 is 0.900 bits per heavy atom. The fraction of sp³-hybridized carbons (Fsp3) is 0.235. The first-order valence-corrected chi connectivity index (χ1v) is 6.75. The lowest BCUT2D eigenvalue weighted by atomic mass is 10.1. The standard InChI is InChI=1S/C17H20N2O/c1-12-4-8-15(9-5-12)14(3)18-17(20)19-16-10-6-13(2)7-11-16/h4-11,14H,1-3H3,(H2,18,19,20)/t14-/m0/s1. The summed E-state index contributed by atoms with van der Waals surface area (Å²) in [6, 6.07) is 15.7. The summed E-state index contributed by atoms with van der Waals surface area (Å²) in [6.45, 7) is 6.04. The van der Waals surface area contributed by atoms with Gasteiger partial charge >= 0.3 is 6.03 Å². The van der Waals surface area contributed by atoms with Gasteiger partial charge in [0.15, 0.2) is 0 Å². The van der Waals surface area contributed by atoms with Crippen LogP contribution in [0.15, 0.2) is 48.5 Å². The van der Waals surface area contributed by atoms with Crippen LogP contribution in [0.1, 0.15) is 29.7 Å². The van der Waals surface area contributed by atoms with Crippen LogP contribution in [0.3, 0.4) is 0 Å². The highest BCUT2D eigenvalue weighted by molar-refractivity contribution is 5.89. The van der Waals surface area contributed by atoms with Crippen molar-refractivity contribution in [2.75, 3.05) is 5.32 Å². The van der Waals surface area contributed by atoms with E-state index in [0.29, 0.717) is 0 Å². The summed E-state index contributed by atoms with van der Waals surface area (Å²) in [5.41, 5.74) is 4.27. The molecule has 0 radical (unpaired) electrons. The normalized spacial score (nSPS) is 11.8. The molecule has 104 valence electrons. The molecule has 2 N–H and O–H groups in total. The van der Waals surface area contributed by atoms with E-state index < -0.39 is 0 Å². The van der Waals surface area contributed by atoms with Crippen LogP contribution in [0, 0.1) is 13.8 Å². The first kappa shape index (κ1) is 14.1.